The lowest BCUT2D eigenvalue weighted by Gasteiger charge is -2.18. The van der Waals surface area contributed by atoms with E-state index in [2.05, 4.69) is 0 Å². The summed E-state index contributed by atoms with van der Waals surface area (Å²) in [7, 11) is 0. The van der Waals surface area contributed by atoms with Crippen molar-refractivity contribution in [3.63, 3.8) is 0 Å². The smallest absolute Gasteiger partial charge is 0.274 e. The molecule has 0 aliphatic heterocycles. The van der Waals surface area contributed by atoms with Crippen LogP contribution in [0.15, 0.2) is 60.7 Å². The molecule has 0 saturated heterocycles. The average molecular weight is 375 g/mol. The summed E-state index contributed by atoms with van der Waals surface area (Å²) in [5.41, 5.74) is 14.3. The number of fused-ring (bicyclic) bond motifs is 2. The topological polar surface area (TPSA) is 129 Å². The number of nitro benzene ring substituents is 1. The SMILES string of the molecule is Cc1c(N)cccc1[N+](=O)[O-].Nc1cccc2c1C(=O)c1ccccc1C2=O. The summed E-state index contributed by atoms with van der Waals surface area (Å²) in [4.78, 5) is 34.3. The van der Waals surface area contributed by atoms with E-state index in [1.807, 2.05) is 0 Å². The molecule has 0 aromatic heterocycles. The fourth-order valence-electron chi connectivity index (χ4n) is 3.01. The Hall–Kier alpha value is -4.00. The van der Waals surface area contributed by atoms with E-state index in [0.717, 1.165) is 0 Å². The number of hydrogen-bond donors (Lipinski definition) is 2. The zero-order valence-electron chi connectivity index (χ0n) is 15.0. The van der Waals surface area contributed by atoms with Gasteiger partial charge in [-0.25, -0.2) is 0 Å². The highest BCUT2D eigenvalue weighted by Crippen LogP contribution is 2.30. The Balaban J connectivity index is 0.000000178. The number of rotatable bonds is 1. The van der Waals surface area contributed by atoms with Crippen LogP contribution in [0.25, 0.3) is 0 Å². The lowest BCUT2D eigenvalue weighted by Crippen LogP contribution is -2.22. The van der Waals surface area contributed by atoms with Crippen LogP contribution < -0.4 is 11.5 Å². The molecule has 0 heterocycles. The van der Waals surface area contributed by atoms with Gasteiger partial charge < -0.3 is 11.5 Å². The molecule has 28 heavy (non-hydrogen) atoms. The van der Waals surface area contributed by atoms with Gasteiger partial charge in [0.05, 0.1) is 10.5 Å². The second-order valence-electron chi connectivity index (χ2n) is 6.22. The van der Waals surface area contributed by atoms with Crippen molar-refractivity contribution >= 4 is 28.6 Å². The van der Waals surface area contributed by atoms with E-state index in [1.54, 1.807) is 61.5 Å². The molecule has 4 rings (SSSR count). The van der Waals surface area contributed by atoms with Crippen LogP contribution >= 0.6 is 0 Å². The summed E-state index contributed by atoms with van der Waals surface area (Å²) in [6.45, 7) is 1.63. The number of nitrogens with zero attached hydrogens (tertiary/aromatic N) is 1. The van der Waals surface area contributed by atoms with E-state index in [1.165, 1.54) is 6.07 Å². The summed E-state index contributed by atoms with van der Waals surface area (Å²) in [5.74, 6) is -0.309. The molecule has 7 nitrogen and oxygen atoms in total. The molecule has 140 valence electrons. The van der Waals surface area contributed by atoms with E-state index in [0.29, 0.717) is 39.2 Å². The minimum absolute atomic E-state index is 0.0741. The van der Waals surface area contributed by atoms with Gasteiger partial charge in [-0.2, -0.15) is 0 Å². The van der Waals surface area contributed by atoms with Crippen molar-refractivity contribution in [2.45, 2.75) is 6.92 Å². The van der Waals surface area contributed by atoms with Gasteiger partial charge in [0.25, 0.3) is 5.69 Å². The Kier molecular flexibility index (Phi) is 4.91. The minimum Gasteiger partial charge on any atom is -0.398 e. The number of hydrogen-bond acceptors (Lipinski definition) is 6. The number of nitro groups is 1. The predicted octanol–water partition coefficient (Wildman–Crippen LogP) is 3.53. The number of nitrogen functional groups attached to an aromatic ring is 2. The van der Waals surface area contributed by atoms with Crippen molar-refractivity contribution in [3.05, 3.63) is 98.6 Å². The minimum atomic E-state index is -0.439. The molecule has 0 atom stereocenters. The Morgan fingerprint density at radius 1 is 0.750 bits per heavy atom. The summed E-state index contributed by atoms with van der Waals surface area (Å²) in [6, 6.07) is 16.4. The highest BCUT2D eigenvalue weighted by Gasteiger charge is 2.30. The van der Waals surface area contributed by atoms with Crippen LogP contribution in [0.3, 0.4) is 0 Å². The first-order chi connectivity index (χ1) is 13.3. The summed E-state index contributed by atoms with van der Waals surface area (Å²) >= 11 is 0. The summed E-state index contributed by atoms with van der Waals surface area (Å²) < 4.78 is 0. The highest BCUT2D eigenvalue weighted by atomic mass is 16.6. The Morgan fingerprint density at radius 2 is 1.29 bits per heavy atom. The molecule has 0 radical (unpaired) electrons. The predicted molar refractivity (Wildman–Crippen MR) is 106 cm³/mol. The normalized spacial score (nSPS) is 11.8. The molecule has 0 amide bonds. The van der Waals surface area contributed by atoms with Crippen LogP contribution in [0, 0.1) is 17.0 Å². The van der Waals surface area contributed by atoms with Gasteiger partial charge in [0.15, 0.2) is 11.6 Å². The molecule has 0 bridgehead atoms. The molecule has 0 spiro atoms. The van der Waals surface area contributed by atoms with Crippen molar-refractivity contribution in [1.29, 1.82) is 0 Å². The molecule has 1 aliphatic carbocycles. The van der Waals surface area contributed by atoms with E-state index >= 15 is 0 Å². The monoisotopic (exact) mass is 375 g/mol. The van der Waals surface area contributed by atoms with E-state index < -0.39 is 4.92 Å². The molecule has 0 saturated carbocycles. The van der Waals surface area contributed by atoms with Crippen LogP contribution in [-0.4, -0.2) is 16.5 Å². The maximum absolute atomic E-state index is 12.2. The average Bonchev–Trinajstić information content (AvgIpc) is 2.68. The standard InChI is InChI=1S/C14H9NO2.C7H8N2O2/c15-11-7-3-6-10-12(11)14(17)9-5-2-1-4-8(9)13(10)16;1-5-6(8)3-2-4-7(5)9(10)11/h1-7H,15H2;2-4H,8H2,1H3. The lowest BCUT2D eigenvalue weighted by atomic mass is 9.83. The molecular weight excluding hydrogens is 358 g/mol. The molecule has 0 unspecified atom stereocenters. The molecule has 3 aromatic rings. The third kappa shape index (κ3) is 3.21. The number of anilines is 2. The number of nitrogens with two attached hydrogens (primary N) is 2. The molecule has 4 N–H and O–H groups in total. The Morgan fingerprint density at radius 3 is 1.89 bits per heavy atom. The Labute approximate surface area is 160 Å². The lowest BCUT2D eigenvalue weighted by molar-refractivity contribution is -0.385. The van der Waals surface area contributed by atoms with E-state index in [-0.39, 0.29) is 17.3 Å². The quantitative estimate of drug-likeness (QED) is 0.297. The zero-order chi connectivity index (χ0) is 20.4. The number of carbonyl (C=O) groups is 2. The first kappa shape index (κ1) is 18.8. The van der Waals surface area contributed by atoms with Gasteiger partial charge in [-0.1, -0.05) is 42.5 Å². The van der Waals surface area contributed by atoms with Crippen LogP contribution in [0.1, 0.15) is 37.4 Å². The number of carbonyl (C=O) groups excluding carboxylic acids is 2. The van der Waals surface area contributed by atoms with E-state index in [4.69, 9.17) is 11.5 Å². The van der Waals surface area contributed by atoms with E-state index in [9.17, 15) is 19.7 Å². The van der Waals surface area contributed by atoms with Gasteiger partial charge in [0, 0.05) is 39.7 Å². The van der Waals surface area contributed by atoms with Gasteiger partial charge in [-0.05, 0) is 19.1 Å². The highest BCUT2D eigenvalue weighted by molar-refractivity contribution is 6.29. The molecular formula is C21H17N3O4. The maximum Gasteiger partial charge on any atom is 0.274 e. The van der Waals surface area contributed by atoms with Gasteiger partial charge in [-0.15, -0.1) is 0 Å². The van der Waals surface area contributed by atoms with Gasteiger partial charge in [-0.3, -0.25) is 19.7 Å². The summed E-state index contributed by atoms with van der Waals surface area (Å²) in [6.07, 6.45) is 0. The van der Waals surface area contributed by atoms with Crippen molar-refractivity contribution < 1.29 is 14.5 Å². The third-order valence-corrected chi connectivity index (χ3v) is 4.53. The van der Waals surface area contributed by atoms with Crippen LogP contribution in [-0.2, 0) is 0 Å². The molecule has 1 aliphatic rings. The zero-order valence-corrected chi connectivity index (χ0v) is 15.0. The molecule has 0 fully saturated rings. The van der Waals surface area contributed by atoms with Crippen LogP contribution in [0.4, 0.5) is 17.1 Å². The van der Waals surface area contributed by atoms with Crippen molar-refractivity contribution in [2.24, 2.45) is 0 Å². The first-order valence-corrected chi connectivity index (χ1v) is 8.39. The first-order valence-electron chi connectivity index (χ1n) is 8.39. The van der Waals surface area contributed by atoms with Crippen LogP contribution in [0.2, 0.25) is 0 Å². The number of benzene rings is 3. The van der Waals surface area contributed by atoms with Gasteiger partial charge >= 0.3 is 0 Å². The fourth-order valence-corrected chi connectivity index (χ4v) is 3.01. The second kappa shape index (κ2) is 7.32. The molecule has 3 aromatic carbocycles. The Bertz CT molecular complexity index is 1120. The van der Waals surface area contributed by atoms with Gasteiger partial charge in [0.1, 0.15) is 0 Å². The largest absolute Gasteiger partial charge is 0.398 e. The van der Waals surface area contributed by atoms with Crippen molar-refractivity contribution in [3.8, 4) is 0 Å². The van der Waals surface area contributed by atoms with Crippen molar-refractivity contribution in [2.75, 3.05) is 11.5 Å². The third-order valence-electron chi connectivity index (χ3n) is 4.53. The van der Waals surface area contributed by atoms with Crippen molar-refractivity contribution in [1.82, 2.24) is 0 Å². The van der Waals surface area contributed by atoms with Crippen LogP contribution in [0.5, 0.6) is 0 Å². The number of ketones is 2. The molecule has 7 heteroatoms. The summed E-state index contributed by atoms with van der Waals surface area (Å²) in [5, 5.41) is 10.3. The second-order valence-corrected chi connectivity index (χ2v) is 6.22. The van der Waals surface area contributed by atoms with Gasteiger partial charge in [0.2, 0.25) is 0 Å². The fraction of sp³-hybridized carbons (Fsp3) is 0.0476. The maximum atomic E-state index is 12.2.